The van der Waals surface area contributed by atoms with E-state index in [1.165, 1.54) is 0 Å². The van der Waals surface area contributed by atoms with E-state index in [9.17, 15) is 13.2 Å². The second kappa shape index (κ2) is 8.24. The average Bonchev–Trinajstić information content (AvgIpc) is 2.39. The van der Waals surface area contributed by atoms with Crippen molar-refractivity contribution in [3.05, 3.63) is 29.8 Å². The molecule has 1 amide bonds. The molecule has 1 aromatic rings. The summed E-state index contributed by atoms with van der Waals surface area (Å²) in [6.07, 6.45) is 2.14. The Kier molecular flexibility index (Phi) is 6.98. The van der Waals surface area contributed by atoms with Crippen molar-refractivity contribution in [2.75, 3.05) is 12.4 Å². The van der Waals surface area contributed by atoms with Crippen LogP contribution in [0.4, 0.5) is 0 Å². The molecule has 112 valence electrons. The fraction of sp³-hybridized carbons (Fsp3) is 0.462. The molecule has 0 radical (unpaired) electrons. The number of hydrogen-bond acceptors (Lipinski definition) is 3. The Morgan fingerprint density at radius 1 is 1.20 bits per heavy atom. The first kappa shape index (κ1) is 16.9. The molecule has 0 aliphatic carbocycles. The van der Waals surface area contributed by atoms with Crippen LogP contribution in [0.25, 0.3) is 0 Å². The van der Waals surface area contributed by atoms with Gasteiger partial charge in [-0.2, -0.15) is 0 Å². The first-order valence-corrected chi connectivity index (χ1v) is 8.40. The van der Waals surface area contributed by atoms with Gasteiger partial charge in [-0.15, -0.1) is 11.6 Å². The maximum absolute atomic E-state index is 12.0. The molecule has 0 aliphatic heterocycles. The maximum Gasteiger partial charge on any atom is 0.240 e. The predicted molar refractivity (Wildman–Crippen MR) is 79.1 cm³/mol. The first-order chi connectivity index (χ1) is 9.45. The van der Waals surface area contributed by atoms with Crippen LogP contribution in [0.2, 0.25) is 0 Å². The van der Waals surface area contributed by atoms with E-state index in [-0.39, 0.29) is 17.2 Å². The zero-order valence-electron chi connectivity index (χ0n) is 11.1. The number of halogens is 1. The molecule has 1 rings (SSSR count). The Balaban J connectivity index is 2.49. The van der Waals surface area contributed by atoms with E-state index in [2.05, 4.69) is 4.72 Å². The normalized spacial score (nSPS) is 11.4. The fourth-order valence-electron chi connectivity index (χ4n) is 1.66. The summed E-state index contributed by atoms with van der Waals surface area (Å²) in [5.41, 5.74) is 6.00. The summed E-state index contributed by atoms with van der Waals surface area (Å²) in [4.78, 5) is 10.8. The Bertz CT molecular complexity index is 529. The number of hydrogen-bond donors (Lipinski definition) is 2. The van der Waals surface area contributed by atoms with Gasteiger partial charge in [-0.25, -0.2) is 13.1 Å². The SMILES string of the molecule is NC(=O)CCCCNS(=O)(=O)c1ccc(CCCl)cc1. The lowest BCUT2D eigenvalue weighted by Crippen LogP contribution is -2.25. The number of nitrogens with two attached hydrogens (primary N) is 1. The van der Waals surface area contributed by atoms with Crippen LogP contribution in [0.5, 0.6) is 0 Å². The Hall–Kier alpha value is -1.11. The fourth-order valence-corrected chi connectivity index (χ4v) is 2.95. The van der Waals surface area contributed by atoms with Gasteiger partial charge in [-0.05, 0) is 37.0 Å². The molecule has 0 fully saturated rings. The molecular formula is C13H19ClN2O3S. The van der Waals surface area contributed by atoms with Gasteiger partial charge in [-0.3, -0.25) is 4.79 Å². The number of carbonyl (C=O) groups is 1. The molecule has 5 nitrogen and oxygen atoms in total. The topological polar surface area (TPSA) is 89.3 Å². The van der Waals surface area contributed by atoms with Crippen LogP contribution >= 0.6 is 11.6 Å². The van der Waals surface area contributed by atoms with Crippen molar-refractivity contribution in [2.45, 2.75) is 30.6 Å². The highest BCUT2D eigenvalue weighted by Gasteiger charge is 2.12. The summed E-state index contributed by atoms with van der Waals surface area (Å²) >= 11 is 5.62. The molecular weight excluding hydrogens is 300 g/mol. The third-order valence-electron chi connectivity index (χ3n) is 2.76. The molecule has 0 saturated heterocycles. The number of sulfonamides is 1. The molecule has 0 heterocycles. The molecule has 3 N–H and O–H groups in total. The van der Waals surface area contributed by atoms with Gasteiger partial charge in [0.05, 0.1) is 4.90 Å². The second-order valence-corrected chi connectivity index (χ2v) is 6.55. The Morgan fingerprint density at radius 2 is 1.85 bits per heavy atom. The molecule has 20 heavy (non-hydrogen) atoms. The number of amides is 1. The number of carbonyl (C=O) groups excluding carboxylic acids is 1. The standard InChI is InChI=1S/C13H19ClN2O3S/c14-9-8-11-4-6-12(7-5-11)20(18,19)16-10-2-1-3-13(15)17/h4-7,16H,1-3,8-10H2,(H2,15,17). The molecule has 0 unspecified atom stereocenters. The van der Waals surface area contributed by atoms with Crippen molar-refractivity contribution in [3.8, 4) is 0 Å². The quantitative estimate of drug-likeness (QED) is 0.533. The van der Waals surface area contributed by atoms with Gasteiger partial charge in [0.25, 0.3) is 0 Å². The number of alkyl halides is 1. The largest absolute Gasteiger partial charge is 0.370 e. The summed E-state index contributed by atoms with van der Waals surface area (Å²) < 4.78 is 26.4. The number of nitrogens with one attached hydrogen (secondary N) is 1. The van der Waals surface area contributed by atoms with Crippen molar-refractivity contribution in [3.63, 3.8) is 0 Å². The summed E-state index contributed by atoms with van der Waals surface area (Å²) in [5, 5.41) is 0. The van der Waals surface area contributed by atoms with Gasteiger partial charge in [0.2, 0.25) is 15.9 Å². The van der Waals surface area contributed by atoms with E-state index in [0.29, 0.717) is 31.7 Å². The zero-order valence-corrected chi connectivity index (χ0v) is 12.7. The van der Waals surface area contributed by atoms with Crippen molar-refractivity contribution in [1.29, 1.82) is 0 Å². The van der Waals surface area contributed by atoms with E-state index >= 15 is 0 Å². The molecule has 0 bridgehead atoms. The van der Waals surface area contributed by atoms with Crippen molar-refractivity contribution < 1.29 is 13.2 Å². The smallest absolute Gasteiger partial charge is 0.240 e. The number of primary amides is 1. The van der Waals surface area contributed by atoms with Crippen LogP contribution in [0.15, 0.2) is 29.2 Å². The van der Waals surface area contributed by atoms with Crippen molar-refractivity contribution >= 4 is 27.5 Å². The summed E-state index contributed by atoms with van der Waals surface area (Å²) in [6, 6.07) is 6.63. The second-order valence-electron chi connectivity index (χ2n) is 4.40. The van der Waals surface area contributed by atoms with Crippen LogP contribution < -0.4 is 10.5 Å². The maximum atomic E-state index is 12.0. The van der Waals surface area contributed by atoms with Gasteiger partial charge in [0.1, 0.15) is 0 Å². The number of aryl methyl sites for hydroxylation is 1. The first-order valence-electron chi connectivity index (χ1n) is 6.38. The highest BCUT2D eigenvalue weighted by atomic mass is 35.5. The third-order valence-corrected chi connectivity index (χ3v) is 4.42. The van der Waals surface area contributed by atoms with E-state index in [4.69, 9.17) is 17.3 Å². The number of rotatable bonds is 9. The van der Waals surface area contributed by atoms with Gasteiger partial charge in [0.15, 0.2) is 0 Å². The lowest BCUT2D eigenvalue weighted by molar-refractivity contribution is -0.118. The van der Waals surface area contributed by atoms with Crippen LogP contribution in [-0.4, -0.2) is 26.7 Å². The summed E-state index contributed by atoms with van der Waals surface area (Å²) in [6.45, 7) is 0.291. The van der Waals surface area contributed by atoms with Crippen LogP contribution in [0.3, 0.4) is 0 Å². The van der Waals surface area contributed by atoms with Crippen molar-refractivity contribution in [1.82, 2.24) is 4.72 Å². The van der Waals surface area contributed by atoms with E-state index in [1.807, 2.05) is 0 Å². The highest BCUT2D eigenvalue weighted by Crippen LogP contribution is 2.11. The van der Waals surface area contributed by atoms with E-state index in [1.54, 1.807) is 24.3 Å². The third kappa shape index (κ3) is 5.90. The van der Waals surface area contributed by atoms with Crippen LogP contribution in [0, 0.1) is 0 Å². The van der Waals surface area contributed by atoms with Gasteiger partial charge < -0.3 is 5.73 Å². The predicted octanol–water partition coefficient (Wildman–Crippen LogP) is 1.40. The molecule has 0 aromatic heterocycles. The lowest BCUT2D eigenvalue weighted by atomic mass is 10.2. The molecule has 1 aromatic carbocycles. The van der Waals surface area contributed by atoms with E-state index in [0.717, 1.165) is 5.56 Å². The van der Waals surface area contributed by atoms with Crippen LogP contribution in [0.1, 0.15) is 24.8 Å². The zero-order chi connectivity index (χ0) is 15.0. The van der Waals surface area contributed by atoms with Gasteiger partial charge >= 0.3 is 0 Å². The average molecular weight is 319 g/mol. The molecule has 0 saturated carbocycles. The van der Waals surface area contributed by atoms with E-state index < -0.39 is 10.0 Å². The lowest BCUT2D eigenvalue weighted by Gasteiger charge is -2.07. The Labute approximate surface area is 124 Å². The minimum atomic E-state index is -3.49. The summed E-state index contributed by atoms with van der Waals surface area (Å²) in [5.74, 6) is 0.132. The van der Waals surface area contributed by atoms with Crippen LogP contribution in [-0.2, 0) is 21.2 Å². The van der Waals surface area contributed by atoms with Gasteiger partial charge in [0, 0.05) is 18.8 Å². The molecule has 7 heteroatoms. The number of benzene rings is 1. The monoisotopic (exact) mass is 318 g/mol. The minimum absolute atomic E-state index is 0.228. The Morgan fingerprint density at radius 3 is 2.40 bits per heavy atom. The minimum Gasteiger partial charge on any atom is -0.370 e. The van der Waals surface area contributed by atoms with Gasteiger partial charge in [-0.1, -0.05) is 12.1 Å². The number of unbranched alkanes of at least 4 members (excludes halogenated alkanes) is 1. The molecule has 0 spiro atoms. The molecule has 0 atom stereocenters. The molecule has 0 aliphatic rings. The summed E-state index contributed by atoms with van der Waals surface area (Å²) in [7, 11) is -3.49. The van der Waals surface area contributed by atoms with Crippen molar-refractivity contribution in [2.24, 2.45) is 5.73 Å². The highest BCUT2D eigenvalue weighted by molar-refractivity contribution is 7.89.